The van der Waals surface area contributed by atoms with Crippen molar-refractivity contribution in [2.24, 2.45) is 0 Å². The van der Waals surface area contributed by atoms with Crippen molar-refractivity contribution >= 4 is 41.0 Å². The van der Waals surface area contributed by atoms with E-state index in [1.165, 1.54) is 0 Å². The number of carbonyl (C=O) groups excluding carboxylic acids is 2. The minimum Gasteiger partial charge on any atom is -0.463 e. The molecule has 3 aliphatic heterocycles. The van der Waals surface area contributed by atoms with E-state index in [9.17, 15) is 9.59 Å². The van der Waals surface area contributed by atoms with Gasteiger partial charge in [0.15, 0.2) is 4.20 Å². The van der Waals surface area contributed by atoms with Crippen LogP contribution in [0.2, 0.25) is 0 Å². The van der Waals surface area contributed by atoms with Crippen molar-refractivity contribution in [1.29, 1.82) is 0 Å². The van der Waals surface area contributed by atoms with Crippen molar-refractivity contribution in [2.45, 2.75) is 15.9 Å². The number of thioether (sulfide) groups is 2. The molecule has 3 aliphatic rings. The van der Waals surface area contributed by atoms with Crippen LogP contribution in [0, 0.1) is 0 Å². The number of esters is 1. The lowest BCUT2D eigenvalue weighted by molar-refractivity contribution is -0.140. The van der Waals surface area contributed by atoms with Crippen LogP contribution in [0.1, 0.15) is 18.1 Å². The van der Waals surface area contributed by atoms with Crippen LogP contribution < -0.4 is 0 Å². The normalized spacial score (nSPS) is 28.0. The van der Waals surface area contributed by atoms with Gasteiger partial charge in [0.25, 0.3) is 0 Å². The van der Waals surface area contributed by atoms with E-state index in [1.54, 1.807) is 23.5 Å². The molecule has 28 heavy (non-hydrogen) atoms. The molecule has 6 heteroatoms. The second-order valence-corrected chi connectivity index (χ2v) is 9.83. The highest BCUT2D eigenvalue weighted by Gasteiger charge is 2.73. The Bertz CT molecular complexity index is 991. The second kappa shape index (κ2) is 6.42. The molecule has 2 unspecified atom stereocenters. The maximum atomic E-state index is 13.8. The third-order valence-corrected chi connectivity index (χ3v) is 8.87. The molecule has 0 aromatic heterocycles. The Hall–Kier alpha value is -2.18. The van der Waals surface area contributed by atoms with Gasteiger partial charge in [-0.05, 0) is 18.1 Å². The summed E-state index contributed by atoms with van der Waals surface area (Å²) in [5.41, 5.74) is 3.23. The van der Waals surface area contributed by atoms with Gasteiger partial charge in [0.2, 0.25) is 5.91 Å². The van der Waals surface area contributed by atoms with Crippen LogP contribution in [-0.4, -0.2) is 39.9 Å². The van der Waals surface area contributed by atoms with E-state index in [-0.39, 0.29) is 11.9 Å². The van der Waals surface area contributed by atoms with E-state index >= 15 is 0 Å². The van der Waals surface area contributed by atoms with Crippen LogP contribution in [-0.2, 0) is 19.1 Å². The van der Waals surface area contributed by atoms with Crippen molar-refractivity contribution in [3.63, 3.8) is 0 Å². The number of nitrogens with zero attached hydrogens (tertiary/aromatic N) is 1. The zero-order valence-corrected chi connectivity index (χ0v) is 17.0. The van der Waals surface area contributed by atoms with E-state index in [0.29, 0.717) is 18.7 Å². The zero-order valence-electron chi connectivity index (χ0n) is 15.4. The molecule has 142 valence electrons. The molecule has 4 nitrogen and oxygen atoms in total. The summed E-state index contributed by atoms with van der Waals surface area (Å²) in [6.07, 6.45) is 0. The van der Waals surface area contributed by atoms with Gasteiger partial charge >= 0.3 is 5.97 Å². The highest BCUT2D eigenvalue weighted by atomic mass is 32.2. The monoisotopic (exact) mass is 409 g/mol. The van der Waals surface area contributed by atoms with Crippen LogP contribution in [0.4, 0.5) is 0 Å². The fourth-order valence-corrected chi connectivity index (χ4v) is 8.23. The van der Waals surface area contributed by atoms with Gasteiger partial charge in [-0.15, -0.1) is 11.8 Å². The number of rotatable bonds is 4. The van der Waals surface area contributed by atoms with Crippen molar-refractivity contribution in [3.8, 4) is 0 Å². The number of amides is 1. The summed E-state index contributed by atoms with van der Waals surface area (Å²) < 4.78 is 3.87. The first-order valence-electron chi connectivity index (χ1n) is 9.34. The molecule has 5 rings (SSSR count). The lowest BCUT2D eigenvalue weighted by Gasteiger charge is -2.35. The molecule has 1 spiro atoms. The average molecular weight is 410 g/mol. The summed E-state index contributed by atoms with van der Waals surface area (Å²) in [7, 11) is 0. The molecule has 2 fully saturated rings. The Kier molecular flexibility index (Phi) is 4.10. The van der Waals surface area contributed by atoms with Gasteiger partial charge in [0.1, 0.15) is 4.75 Å². The first-order chi connectivity index (χ1) is 13.6. The summed E-state index contributed by atoms with van der Waals surface area (Å²) in [4.78, 5) is 28.9. The van der Waals surface area contributed by atoms with Crippen LogP contribution in [0.3, 0.4) is 0 Å². The molecular weight excluding hydrogens is 390 g/mol. The predicted molar refractivity (Wildman–Crippen MR) is 113 cm³/mol. The number of benzene rings is 2. The Labute approximate surface area is 172 Å². The Morgan fingerprint density at radius 1 is 1.11 bits per heavy atom. The van der Waals surface area contributed by atoms with Crippen LogP contribution in [0.25, 0.3) is 5.57 Å². The first kappa shape index (κ1) is 17.9. The van der Waals surface area contributed by atoms with Gasteiger partial charge in [-0.3, -0.25) is 4.79 Å². The third kappa shape index (κ3) is 2.16. The van der Waals surface area contributed by atoms with E-state index in [1.807, 2.05) is 72.5 Å². The number of carbonyl (C=O) groups is 2. The van der Waals surface area contributed by atoms with E-state index < -0.39 is 8.95 Å². The highest BCUT2D eigenvalue weighted by molar-refractivity contribution is 8.20. The quantitative estimate of drug-likeness (QED) is 0.717. The first-order valence-corrected chi connectivity index (χ1v) is 11.1. The molecule has 0 saturated carbocycles. The number of hydrogen-bond donors (Lipinski definition) is 0. The van der Waals surface area contributed by atoms with Gasteiger partial charge < -0.3 is 9.64 Å². The summed E-state index contributed by atoms with van der Waals surface area (Å²) in [6, 6.07) is 19.6. The SMILES string of the molecule is CCOC(=O)C1=C(c2ccccc2)C2(c3ccccc3)SC13SCCN3C2=O. The van der Waals surface area contributed by atoms with E-state index in [4.69, 9.17) is 4.74 Å². The molecule has 3 heterocycles. The Morgan fingerprint density at radius 2 is 1.79 bits per heavy atom. The molecule has 0 N–H and O–H groups in total. The Balaban J connectivity index is 1.85. The lowest BCUT2D eigenvalue weighted by atomic mass is 9.79. The molecule has 2 atom stereocenters. The van der Waals surface area contributed by atoms with Gasteiger partial charge in [-0.2, -0.15) is 0 Å². The molecule has 2 bridgehead atoms. The largest absolute Gasteiger partial charge is 0.463 e. The van der Waals surface area contributed by atoms with Crippen molar-refractivity contribution in [1.82, 2.24) is 4.90 Å². The molecule has 0 radical (unpaired) electrons. The van der Waals surface area contributed by atoms with Gasteiger partial charge in [-0.1, -0.05) is 72.4 Å². The van der Waals surface area contributed by atoms with Gasteiger partial charge in [0.05, 0.1) is 12.2 Å². The number of hydrogen-bond acceptors (Lipinski definition) is 5. The fourth-order valence-electron chi connectivity index (χ4n) is 4.40. The minimum absolute atomic E-state index is 0.0700. The maximum Gasteiger partial charge on any atom is 0.338 e. The number of ether oxygens (including phenoxy) is 1. The standard InChI is InChI=1S/C22H19NO3S2/c1-2-26-19(24)18-17(15-9-5-3-6-10-15)21(16-11-7-4-8-12-16)20(25)23-13-14-27-22(18,23)28-21/h3-12H,2,13-14H2,1H3. The molecule has 2 aromatic rings. The van der Waals surface area contributed by atoms with E-state index in [0.717, 1.165) is 22.5 Å². The molecule has 2 saturated heterocycles. The van der Waals surface area contributed by atoms with Crippen LogP contribution >= 0.6 is 23.5 Å². The summed E-state index contributed by atoms with van der Waals surface area (Å²) in [6.45, 7) is 2.77. The van der Waals surface area contributed by atoms with Crippen molar-refractivity contribution in [2.75, 3.05) is 18.9 Å². The summed E-state index contributed by atoms with van der Waals surface area (Å²) in [5.74, 6) is 0.563. The highest BCUT2D eigenvalue weighted by Crippen LogP contribution is 2.74. The maximum absolute atomic E-state index is 13.8. The van der Waals surface area contributed by atoms with Gasteiger partial charge in [0, 0.05) is 17.9 Å². The molecule has 0 aliphatic carbocycles. The number of fused-ring (bicyclic) bond motifs is 1. The van der Waals surface area contributed by atoms with Gasteiger partial charge in [-0.25, -0.2) is 4.79 Å². The lowest BCUT2D eigenvalue weighted by Crippen LogP contribution is -2.48. The van der Waals surface area contributed by atoms with Crippen molar-refractivity contribution < 1.29 is 14.3 Å². The minimum atomic E-state index is -0.919. The molecular formula is C22H19NO3S2. The Morgan fingerprint density at radius 3 is 2.46 bits per heavy atom. The topological polar surface area (TPSA) is 46.6 Å². The third-order valence-electron chi connectivity index (χ3n) is 5.45. The predicted octanol–water partition coefficient (Wildman–Crippen LogP) is 3.89. The average Bonchev–Trinajstić information content (AvgIpc) is 3.36. The summed E-state index contributed by atoms with van der Waals surface area (Å²) >= 11 is 3.26. The zero-order chi connectivity index (χ0) is 19.4. The summed E-state index contributed by atoms with van der Waals surface area (Å²) in [5, 5.41) is 0. The molecule has 1 amide bonds. The molecule has 2 aromatic carbocycles. The smallest absolute Gasteiger partial charge is 0.338 e. The van der Waals surface area contributed by atoms with Crippen molar-refractivity contribution in [3.05, 3.63) is 77.4 Å². The van der Waals surface area contributed by atoms with Crippen LogP contribution in [0.15, 0.2) is 66.2 Å². The fraction of sp³-hybridized carbons (Fsp3) is 0.273. The van der Waals surface area contributed by atoms with Crippen LogP contribution in [0.5, 0.6) is 0 Å². The second-order valence-electron chi connectivity index (χ2n) is 6.87. The van der Waals surface area contributed by atoms with E-state index in [2.05, 4.69) is 0 Å².